The summed E-state index contributed by atoms with van der Waals surface area (Å²) < 4.78 is 0. The van der Waals surface area contributed by atoms with E-state index in [0.717, 1.165) is 24.0 Å². The van der Waals surface area contributed by atoms with Gasteiger partial charge >= 0.3 is 0 Å². The van der Waals surface area contributed by atoms with Crippen LogP contribution in [0.15, 0.2) is 82.2 Å². The number of nitrogens with zero attached hydrogens (tertiary/aromatic N) is 3. The Morgan fingerprint density at radius 3 is 1.57 bits per heavy atom. The smallest absolute Gasteiger partial charge is 0.129 e. The molecule has 0 radical (unpaired) electrons. The minimum Gasteiger partial charge on any atom is -0.295 e. The third-order valence-electron chi connectivity index (χ3n) is 6.63. The molecule has 0 saturated heterocycles. The van der Waals surface area contributed by atoms with Gasteiger partial charge in [-0.25, -0.2) is 0 Å². The number of nitroso groups, excluding NO2 is 2. The first-order valence-electron chi connectivity index (χ1n) is 11.0. The average molecular weight is 404 g/mol. The van der Waals surface area contributed by atoms with E-state index in [2.05, 4.69) is 15.3 Å². The van der Waals surface area contributed by atoms with Crippen molar-refractivity contribution in [2.24, 2.45) is 10.4 Å². The molecule has 2 aliphatic carbocycles. The van der Waals surface area contributed by atoms with Gasteiger partial charge in [-0.15, -0.1) is 0 Å². The van der Waals surface area contributed by atoms with Crippen molar-refractivity contribution < 1.29 is 0 Å². The van der Waals surface area contributed by atoms with E-state index in [0.29, 0.717) is 19.1 Å². The van der Waals surface area contributed by atoms with Crippen LogP contribution in [0.25, 0.3) is 0 Å². The molecule has 5 heteroatoms. The Balaban J connectivity index is 1.56. The van der Waals surface area contributed by atoms with E-state index in [1.165, 1.54) is 25.7 Å². The van der Waals surface area contributed by atoms with E-state index in [9.17, 15) is 9.81 Å². The SMILES string of the molecule is O=NC(CN(CC(N=O)c1ccccc1)C1CC2=C(CCCC2)C1)c1ccccc1. The molecule has 0 bridgehead atoms. The van der Waals surface area contributed by atoms with Crippen LogP contribution in [-0.4, -0.2) is 24.0 Å². The van der Waals surface area contributed by atoms with Gasteiger partial charge in [0, 0.05) is 19.1 Å². The topological polar surface area (TPSA) is 62.1 Å². The zero-order valence-corrected chi connectivity index (χ0v) is 17.3. The van der Waals surface area contributed by atoms with Crippen LogP contribution in [0.3, 0.4) is 0 Å². The summed E-state index contributed by atoms with van der Waals surface area (Å²) in [6, 6.07) is 18.9. The highest BCUT2D eigenvalue weighted by atomic mass is 16.3. The molecule has 2 atom stereocenters. The lowest BCUT2D eigenvalue weighted by Crippen LogP contribution is -2.39. The number of benzene rings is 2. The quantitative estimate of drug-likeness (QED) is 0.363. The summed E-state index contributed by atoms with van der Waals surface area (Å²) >= 11 is 0. The molecule has 0 spiro atoms. The minimum atomic E-state index is -0.452. The molecule has 5 nitrogen and oxygen atoms in total. The molecule has 0 heterocycles. The van der Waals surface area contributed by atoms with Crippen LogP contribution in [0.2, 0.25) is 0 Å². The first-order valence-corrected chi connectivity index (χ1v) is 11.0. The van der Waals surface area contributed by atoms with Gasteiger partial charge in [-0.1, -0.05) is 82.2 Å². The van der Waals surface area contributed by atoms with Crippen molar-refractivity contribution in [1.82, 2.24) is 4.90 Å². The lowest BCUT2D eigenvalue weighted by molar-refractivity contribution is 0.177. The Hall–Kier alpha value is -2.66. The normalized spacial score (nSPS) is 18.8. The molecule has 4 rings (SSSR count). The van der Waals surface area contributed by atoms with Gasteiger partial charge < -0.3 is 0 Å². The molecule has 156 valence electrons. The second kappa shape index (κ2) is 9.90. The van der Waals surface area contributed by atoms with Gasteiger partial charge in [-0.05, 0) is 49.7 Å². The average Bonchev–Trinajstić information content (AvgIpc) is 3.25. The first-order chi connectivity index (χ1) is 14.8. The molecule has 0 amide bonds. The Bertz CT molecular complexity index is 810. The summed E-state index contributed by atoms with van der Waals surface area (Å²) in [5.74, 6) is 0. The highest BCUT2D eigenvalue weighted by molar-refractivity contribution is 5.26. The van der Waals surface area contributed by atoms with Crippen LogP contribution in [0.4, 0.5) is 0 Å². The van der Waals surface area contributed by atoms with Gasteiger partial charge in [0.15, 0.2) is 0 Å². The fourth-order valence-electron chi connectivity index (χ4n) is 4.99. The van der Waals surface area contributed by atoms with Crippen molar-refractivity contribution in [3.8, 4) is 0 Å². The Morgan fingerprint density at radius 1 is 0.733 bits per heavy atom. The summed E-state index contributed by atoms with van der Waals surface area (Å²) in [7, 11) is 0. The van der Waals surface area contributed by atoms with E-state index < -0.39 is 12.1 Å². The molecule has 0 fully saturated rings. The highest BCUT2D eigenvalue weighted by Crippen LogP contribution is 2.40. The van der Waals surface area contributed by atoms with Crippen molar-refractivity contribution in [1.29, 1.82) is 0 Å². The Kier molecular flexibility index (Phi) is 6.80. The van der Waals surface area contributed by atoms with Crippen molar-refractivity contribution in [2.45, 2.75) is 56.7 Å². The standard InChI is InChI=1S/C25H29N3O2/c29-26-24(19-9-3-1-4-10-19)17-28(18-25(27-30)20-11-5-2-6-12-20)23-15-21-13-7-8-14-22(21)16-23/h1-6,9-12,23-25H,7-8,13-18H2. The lowest BCUT2D eigenvalue weighted by Gasteiger charge is -2.32. The number of hydrogen-bond acceptors (Lipinski definition) is 5. The number of hydrogen-bond donors (Lipinski definition) is 0. The molecular formula is C25H29N3O2. The van der Waals surface area contributed by atoms with Crippen LogP contribution in [0.5, 0.6) is 0 Å². The molecule has 2 unspecified atom stereocenters. The van der Waals surface area contributed by atoms with Crippen molar-refractivity contribution in [2.75, 3.05) is 13.1 Å². The Labute approximate surface area is 178 Å². The summed E-state index contributed by atoms with van der Waals surface area (Å²) in [4.78, 5) is 25.8. The number of rotatable bonds is 9. The van der Waals surface area contributed by atoms with E-state index in [1.807, 2.05) is 60.7 Å². The lowest BCUT2D eigenvalue weighted by atomic mass is 9.94. The van der Waals surface area contributed by atoms with Crippen LogP contribution in [-0.2, 0) is 0 Å². The maximum atomic E-state index is 11.8. The van der Waals surface area contributed by atoms with Crippen LogP contribution < -0.4 is 0 Å². The van der Waals surface area contributed by atoms with Crippen LogP contribution in [0, 0.1) is 9.81 Å². The highest BCUT2D eigenvalue weighted by Gasteiger charge is 2.33. The third-order valence-corrected chi connectivity index (χ3v) is 6.63. The van der Waals surface area contributed by atoms with Gasteiger partial charge in [0.25, 0.3) is 0 Å². The first kappa shape index (κ1) is 20.6. The van der Waals surface area contributed by atoms with E-state index in [-0.39, 0.29) is 0 Å². The molecule has 2 aromatic rings. The molecule has 0 aromatic heterocycles. The van der Waals surface area contributed by atoms with Gasteiger partial charge in [0.05, 0.1) is 0 Å². The molecule has 30 heavy (non-hydrogen) atoms. The zero-order valence-electron chi connectivity index (χ0n) is 17.3. The van der Waals surface area contributed by atoms with Gasteiger partial charge in [-0.2, -0.15) is 9.81 Å². The fraction of sp³-hybridized carbons (Fsp3) is 0.440. The third kappa shape index (κ3) is 4.73. The second-order valence-corrected chi connectivity index (χ2v) is 8.49. The Morgan fingerprint density at radius 2 is 1.17 bits per heavy atom. The fourth-order valence-corrected chi connectivity index (χ4v) is 4.99. The molecule has 2 aliphatic rings. The monoisotopic (exact) mass is 403 g/mol. The van der Waals surface area contributed by atoms with E-state index in [4.69, 9.17) is 0 Å². The molecule has 0 N–H and O–H groups in total. The molecule has 0 aliphatic heterocycles. The van der Waals surface area contributed by atoms with Gasteiger partial charge in [0.1, 0.15) is 12.1 Å². The maximum Gasteiger partial charge on any atom is 0.129 e. The van der Waals surface area contributed by atoms with Crippen molar-refractivity contribution in [3.05, 3.63) is 92.8 Å². The van der Waals surface area contributed by atoms with E-state index in [1.54, 1.807) is 11.1 Å². The largest absolute Gasteiger partial charge is 0.295 e. The second-order valence-electron chi connectivity index (χ2n) is 8.49. The predicted molar refractivity (Wildman–Crippen MR) is 120 cm³/mol. The molecule has 0 saturated carbocycles. The van der Waals surface area contributed by atoms with Crippen molar-refractivity contribution >= 4 is 0 Å². The maximum absolute atomic E-state index is 11.8. The van der Waals surface area contributed by atoms with E-state index >= 15 is 0 Å². The minimum absolute atomic E-state index is 0.314. The summed E-state index contributed by atoms with van der Waals surface area (Å²) in [5, 5.41) is 6.90. The van der Waals surface area contributed by atoms with Crippen LogP contribution in [0.1, 0.15) is 61.7 Å². The van der Waals surface area contributed by atoms with Gasteiger partial charge in [0.2, 0.25) is 0 Å². The summed E-state index contributed by atoms with van der Waals surface area (Å²) in [6.45, 7) is 1.02. The zero-order chi connectivity index (χ0) is 20.8. The molecular weight excluding hydrogens is 374 g/mol. The van der Waals surface area contributed by atoms with Crippen molar-refractivity contribution in [3.63, 3.8) is 0 Å². The van der Waals surface area contributed by atoms with Gasteiger partial charge in [-0.3, -0.25) is 4.90 Å². The predicted octanol–water partition coefficient (Wildman–Crippen LogP) is 6.34. The van der Waals surface area contributed by atoms with Crippen LogP contribution >= 0.6 is 0 Å². The summed E-state index contributed by atoms with van der Waals surface area (Å²) in [6.07, 6.45) is 7.02. The molecule has 2 aromatic carbocycles. The summed E-state index contributed by atoms with van der Waals surface area (Å²) in [5.41, 5.74) is 5.04.